The Labute approximate surface area is 149 Å². The highest BCUT2D eigenvalue weighted by Crippen LogP contribution is 2.40. The average Bonchev–Trinajstić information content (AvgIpc) is 2.63. The number of benzene rings is 1. The highest BCUT2D eigenvalue weighted by Gasteiger charge is 2.36. The van der Waals surface area contributed by atoms with Gasteiger partial charge in [0, 0.05) is 29.4 Å². The monoisotopic (exact) mass is 369 g/mol. The molecule has 1 saturated heterocycles. The van der Waals surface area contributed by atoms with Crippen LogP contribution >= 0.6 is 11.8 Å². The zero-order valence-corrected chi connectivity index (χ0v) is 15.7. The van der Waals surface area contributed by atoms with E-state index in [2.05, 4.69) is 16.9 Å². The van der Waals surface area contributed by atoms with Crippen LogP contribution in [0.4, 0.5) is 0 Å². The molecule has 3 rings (SSSR count). The normalized spacial score (nSPS) is 22.3. The van der Waals surface area contributed by atoms with Gasteiger partial charge in [-0.15, -0.1) is 11.8 Å². The van der Waals surface area contributed by atoms with Gasteiger partial charge in [0.2, 0.25) is 10.0 Å². The number of rotatable bonds is 6. The van der Waals surface area contributed by atoms with Crippen molar-refractivity contribution < 1.29 is 13.2 Å². The molecule has 1 aliphatic heterocycles. The number of hydrogen-bond donors (Lipinski definition) is 1. The Morgan fingerprint density at radius 1 is 1.08 bits per heavy atom. The lowest BCUT2D eigenvalue weighted by Crippen LogP contribution is -2.47. The molecule has 2 aliphatic rings. The Morgan fingerprint density at radius 3 is 2.42 bits per heavy atom. The predicted octanol–water partition coefficient (Wildman–Crippen LogP) is 3.58. The SMILES string of the molecule is O=S(=O)(NCC1(Sc2ccccc2)CCOCC1)C1CCCCC1. The van der Waals surface area contributed by atoms with E-state index in [0.29, 0.717) is 19.8 Å². The van der Waals surface area contributed by atoms with Gasteiger partial charge in [-0.3, -0.25) is 0 Å². The van der Waals surface area contributed by atoms with Crippen molar-refractivity contribution in [1.29, 1.82) is 0 Å². The van der Waals surface area contributed by atoms with E-state index in [9.17, 15) is 8.42 Å². The van der Waals surface area contributed by atoms with Crippen molar-refractivity contribution in [3.05, 3.63) is 30.3 Å². The average molecular weight is 370 g/mol. The van der Waals surface area contributed by atoms with Crippen LogP contribution in [0.2, 0.25) is 0 Å². The van der Waals surface area contributed by atoms with E-state index < -0.39 is 10.0 Å². The fraction of sp³-hybridized carbons (Fsp3) is 0.667. The maximum atomic E-state index is 12.7. The molecule has 6 heteroatoms. The molecule has 0 radical (unpaired) electrons. The van der Waals surface area contributed by atoms with Gasteiger partial charge >= 0.3 is 0 Å². The summed E-state index contributed by atoms with van der Waals surface area (Å²) >= 11 is 1.79. The molecule has 0 aromatic heterocycles. The van der Waals surface area contributed by atoms with E-state index >= 15 is 0 Å². The third-order valence-electron chi connectivity index (χ3n) is 5.07. The van der Waals surface area contributed by atoms with Crippen molar-refractivity contribution in [3.63, 3.8) is 0 Å². The molecule has 1 aromatic carbocycles. The molecule has 0 bridgehead atoms. The van der Waals surface area contributed by atoms with Crippen molar-refractivity contribution >= 4 is 21.8 Å². The molecule has 134 valence electrons. The fourth-order valence-corrected chi connectivity index (χ4v) is 6.59. The van der Waals surface area contributed by atoms with Crippen molar-refractivity contribution in [2.45, 2.75) is 59.8 Å². The Bertz CT molecular complexity index is 606. The third-order valence-corrected chi connectivity index (χ3v) is 8.46. The molecule has 0 unspecified atom stereocenters. The van der Waals surface area contributed by atoms with Crippen LogP contribution in [-0.2, 0) is 14.8 Å². The van der Waals surface area contributed by atoms with Gasteiger partial charge in [0.05, 0.1) is 5.25 Å². The summed E-state index contributed by atoms with van der Waals surface area (Å²) in [5.41, 5.74) is 0. The van der Waals surface area contributed by atoms with Gasteiger partial charge in [-0.2, -0.15) is 0 Å². The van der Waals surface area contributed by atoms with E-state index in [1.165, 1.54) is 4.90 Å². The molecule has 24 heavy (non-hydrogen) atoms. The predicted molar refractivity (Wildman–Crippen MR) is 98.9 cm³/mol. The minimum absolute atomic E-state index is 0.110. The number of hydrogen-bond acceptors (Lipinski definition) is 4. The molecule has 4 nitrogen and oxygen atoms in total. The largest absolute Gasteiger partial charge is 0.381 e. The van der Waals surface area contributed by atoms with Crippen molar-refractivity contribution in [2.24, 2.45) is 0 Å². The first kappa shape index (κ1) is 18.2. The molecule has 0 atom stereocenters. The van der Waals surface area contributed by atoms with Crippen LogP contribution in [0.5, 0.6) is 0 Å². The van der Waals surface area contributed by atoms with Crippen molar-refractivity contribution in [3.8, 4) is 0 Å². The molecule has 1 aromatic rings. The summed E-state index contributed by atoms with van der Waals surface area (Å²) in [6.07, 6.45) is 6.58. The molecule has 1 N–H and O–H groups in total. The Kier molecular flexibility index (Phi) is 6.24. The van der Waals surface area contributed by atoms with Crippen LogP contribution < -0.4 is 4.72 Å². The second-order valence-corrected chi connectivity index (χ2v) is 10.4. The first-order valence-electron chi connectivity index (χ1n) is 8.90. The summed E-state index contributed by atoms with van der Waals surface area (Å²) < 4.78 is 33.7. The number of nitrogens with one attached hydrogen (secondary N) is 1. The van der Waals surface area contributed by atoms with Gasteiger partial charge in [0.15, 0.2) is 0 Å². The minimum Gasteiger partial charge on any atom is -0.381 e. The van der Waals surface area contributed by atoms with Crippen LogP contribution in [0.15, 0.2) is 35.2 Å². The molecule has 0 spiro atoms. The van der Waals surface area contributed by atoms with Gasteiger partial charge in [-0.05, 0) is 37.8 Å². The summed E-state index contributed by atoms with van der Waals surface area (Å²) in [6, 6.07) is 10.3. The Balaban J connectivity index is 1.68. The summed E-state index contributed by atoms with van der Waals surface area (Å²) in [6.45, 7) is 1.89. The Morgan fingerprint density at radius 2 is 1.75 bits per heavy atom. The van der Waals surface area contributed by atoms with E-state index in [1.54, 1.807) is 11.8 Å². The second-order valence-electron chi connectivity index (χ2n) is 6.84. The van der Waals surface area contributed by atoms with Crippen LogP contribution in [0.25, 0.3) is 0 Å². The fourth-order valence-electron chi connectivity index (χ4n) is 3.52. The number of ether oxygens (including phenoxy) is 1. The molecule has 0 amide bonds. The van der Waals surface area contributed by atoms with Gasteiger partial charge in [0.1, 0.15) is 0 Å². The Hall–Kier alpha value is -0.560. The lowest BCUT2D eigenvalue weighted by atomic mass is 9.99. The molecule has 2 fully saturated rings. The molecular formula is C18H27NO3S2. The summed E-state index contributed by atoms with van der Waals surface area (Å²) in [5, 5.41) is -0.204. The van der Waals surface area contributed by atoms with Crippen LogP contribution in [0, 0.1) is 0 Å². The van der Waals surface area contributed by atoms with Gasteiger partial charge in [-0.1, -0.05) is 37.5 Å². The second kappa shape index (κ2) is 8.21. The maximum Gasteiger partial charge on any atom is 0.214 e. The molecular weight excluding hydrogens is 342 g/mol. The number of thioether (sulfide) groups is 1. The van der Waals surface area contributed by atoms with E-state index in [0.717, 1.165) is 44.9 Å². The third kappa shape index (κ3) is 4.75. The van der Waals surface area contributed by atoms with E-state index in [-0.39, 0.29) is 10.00 Å². The number of sulfonamides is 1. The van der Waals surface area contributed by atoms with Gasteiger partial charge in [-0.25, -0.2) is 13.1 Å². The summed E-state index contributed by atoms with van der Waals surface area (Å²) in [5.74, 6) is 0. The van der Waals surface area contributed by atoms with Crippen molar-refractivity contribution in [2.75, 3.05) is 19.8 Å². The van der Waals surface area contributed by atoms with Gasteiger partial charge in [0.25, 0.3) is 0 Å². The lowest BCUT2D eigenvalue weighted by Gasteiger charge is -2.37. The summed E-state index contributed by atoms with van der Waals surface area (Å²) in [7, 11) is -3.22. The lowest BCUT2D eigenvalue weighted by molar-refractivity contribution is 0.0783. The highest BCUT2D eigenvalue weighted by atomic mass is 32.2. The summed E-state index contributed by atoms with van der Waals surface area (Å²) in [4.78, 5) is 1.19. The van der Waals surface area contributed by atoms with Crippen molar-refractivity contribution in [1.82, 2.24) is 4.72 Å². The van der Waals surface area contributed by atoms with E-state index in [4.69, 9.17) is 4.74 Å². The van der Waals surface area contributed by atoms with Crippen LogP contribution in [-0.4, -0.2) is 38.2 Å². The minimum atomic E-state index is -3.22. The molecule has 1 aliphatic carbocycles. The standard InChI is InChI=1S/C18H27NO3S2/c20-24(21,17-9-5-2-6-10-17)19-15-18(11-13-22-14-12-18)23-16-7-3-1-4-8-16/h1,3-4,7-8,17,19H,2,5-6,9-15H2. The quantitative estimate of drug-likeness (QED) is 0.833. The first-order valence-corrected chi connectivity index (χ1v) is 11.3. The highest BCUT2D eigenvalue weighted by molar-refractivity contribution is 8.00. The topological polar surface area (TPSA) is 55.4 Å². The molecule has 1 saturated carbocycles. The van der Waals surface area contributed by atoms with Crippen LogP contribution in [0.3, 0.4) is 0 Å². The van der Waals surface area contributed by atoms with Gasteiger partial charge < -0.3 is 4.74 Å². The maximum absolute atomic E-state index is 12.7. The zero-order chi connectivity index (χ0) is 16.9. The zero-order valence-electron chi connectivity index (χ0n) is 14.1. The smallest absolute Gasteiger partial charge is 0.214 e. The van der Waals surface area contributed by atoms with E-state index in [1.807, 2.05) is 18.2 Å². The van der Waals surface area contributed by atoms with Crippen LogP contribution in [0.1, 0.15) is 44.9 Å². The first-order chi connectivity index (χ1) is 11.6. The molecule has 1 heterocycles.